The maximum absolute atomic E-state index is 13.6. The summed E-state index contributed by atoms with van der Waals surface area (Å²) >= 11 is 6.21. The minimum absolute atomic E-state index is 0.192. The number of carbonyl (C=O) groups is 2. The Hall–Kier alpha value is -3.56. The van der Waals surface area contributed by atoms with Crippen LogP contribution in [-0.4, -0.2) is 32.7 Å². The standard InChI is InChI=1S/C27H21F2NO4S2/c28-21-11-8-17(12-22(21)29)6-9-20-10-7-19(13-23(20)34-16-18-4-2-1-3-5-18)14-24-26(33)30(15-25(31)32)27(35)36-24/h1-5,7-8,10-14H,6,9,15-16H2,(H,31,32). The monoisotopic (exact) mass is 525 g/mol. The summed E-state index contributed by atoms with van der Waals surface area (Å²) in [5.41, 5.74) is 3.19. The number of ether oxygens (including phenoxy) is 1. The summed E-state index contributed by atoms with van der Waals surface area (Å²) in [6, 6.07) is 19.0. The minimum Gasteiger partial charge on any atom is -0.489 e. The lowest BCUT2D eigenvalue weighted by Gasteiger charge is -2.13. The Kier molecular flexibility index (Phi) is 8.12. The van der Waals surface area contributed by atoms with E-state index in [9.17, 15) is 18.4 Å². The number of carbonyl (C=O) groups excluding carboxylic acids is 1. The Morgan fingerprint density at radius 1 is 1.00 bits per heavy atom. The quantitative estimate of drug-likeness (QED) is 0.289. The second kappa shape index (κ2) is 11.5. The lowest BCUT2D eigenvalue weighted by Crippen LogP contribution is -2.33. The molecule has 0 aromatic heterocycles. The number of hydrogen-bond donors (Lipinski definition) is 1. The van der Waals surface area contributed by atoms with Crippen LogP contribution in [0.1, 0.15) is 22.3 Å². The number of rotatable bonds is 9. The predicted octanol–water partition coefficient (Wildman–Crippen LogP) is 5.61. The lowest BCUT2D eigenvalue weighted by molar-refractivity contribution is -0.140. The van der Waals surface area contributed by atoms with Gasteiger partial charge in [0.1, 0.15) is 23.2 Å². The molecule has 1 aliphatic rings. The second-order valence-corrected chi connectivity index (χ2v) is 9.73. The first kappa shape index (κ1) is 25.5. The molecule has 1 heterocycles. The van der Waals surface area contributed by atoms with Crippen LogP contribution in [-0.2, 0) is 29.0 Å². The molecule has 1 amide bonds. The van der Waals surface area contributed by atoms with Crippen LogP contribution in [0.25, 0.3) is 6.08 Å². The average Bonchev–Trinajstić information content (AvgIpc) is 3.11. The van der Waals surface area contributed by atoms with E-state index in [1.165, 1.54) is 6.07 Å². The SMILES string of the molecule is O=C(O)CN1C(=O)C(=Cc2ccc(CCc3ccc(F)c(F)c3)c(OCc3ccccc3)c2)SC1=S. The van der Waals surface area contributed by atoms with E-state index in [1.54, 1.807) is 18.2 Å². The first-order chi connectivity index (χ1) is 17.3. The number of nitrogens with zero attached hydrogens (tertiary/aromatic N) is 1. The fourth-order valence-electron chi connectivity index (χ4n) is 3.63. The van der Waals surface area contributed by atoms with Gasteiger partial charge in [0, 0.05) is 0 Å². The Morgan fingerprint density at radius 2 is 1.78 bits per heavy atom. The van der Waals surface area contributed by atoms with Crippen molar-refractivity contribution in [2.45, 2.75) is 19.4 Å². The molecule has 0 saturated carbocycles. The average molecular weight is 526 g/mol. The first-order valence-corrected chi connectivity index (χ1v) is 12.2. The molecule has 4 rings (SSSR count). The van der Waals surface area contributed by atoms with E-state index in [2.05, 4.69) is 0 Å². The smallest absolute Gasteiger partial charge is 0.323 e. The zero-order valence-corrected chi connectivity index (χ0v) is 20.6. The van der Waals surface area contributed by atoms with Gasteiger partial charge in [-0.05, 0) is 59.4 Å². The van der Waals surface area contributed by atoms with Crippen LogP contribution in [0, 0.1) is 11.6 Å². The molecular weight excluding hydrogens is 504 g/mol. The molecule has 1 aliphatic heterocycles. The van der Waals surface area contributed by atoms with Crippen LogP contribution in [0.2, 0.25) is 0 Å². The highest BCUT2D eigenvalue weighted by Crippen LogP contribution is 2.33. The van der Waals surface area contributed by atoms with E-state index in [-0.39, 0.29) is 4.32 Å². The molecule has 0 aliphatic carbocycles. The number of benzene rings is 3. The molecule has 9 heteroatoms. The number of thioether (sulfide) groups is 1. The highest BCUT2D eigenvalue weighted by Gasteiger charge is 2.33. The van der Waals surface area contributed by atoms with Crippen LogP contribution < -0.4 is 4.74 Å². The van der Waals surface area contributed by atoms with Crippen LogP contribution >= 0.6 is 24.0 Å². The largest absolute Gasteiger partial charge is 0.489 e. The zero-order valence-electron chi connectivity index (χ0n) is 18.9. The van der Waals surface area contributed by atoms with E-state index in [1.807, 2.05) is 42.5 Å². The highest BCUT2D eigenvalue weighted by molar-refractivity contribution is 8.26. The maximum atomic E-state index is 13.6. The van der Waals surface area contributed by atoms with Crippen molar-refractivity contribution < 1.29 is 28.2 Å². The fourth-order valence-corrected chi connectivity index (χ4v) is 4.89. The molecule has 3 aromatic carbocycles. The molecule has 1 fully saturated rings. The zero-order chi connectivity index (χ0) is 25.7. The van der Waals surface area contributed by atoms with Gasteiger partial charge < -0.3 is 9.84 Å². The summed E-state index contributed by atoms with van der Waals surface area (Å²) in [5, 5.41) is 9.03. The molecule has 0 atom stereocenters. The topological polar surface area (TPSA) is 66.8 Å². The summed E-state index contributed by atoms with van der Waals surface area (Å²) in [6.45, 7) is -0.167. The molecule has 0 bridgehead atoms. The lowest BCUT2D eigenvalue weighted by atomic mass is 10.0. The van der Waals surface area contributed by atoms with E-state index in [0.717, 1.165) is 33.9 Å². The summed E-state index contributed by atoms with van der Waals surface area (Å²) in [7, 11) is 0. The number of carboxylic acid groups (broad SMARTS) is 1. The molecule has 184 valence electrons. The van der Waals surface area contributed by atoms with Crippen molar-refractivity contribution in [3.05, 3.63) is 106 Å². The number of hydrogen-bond acceptors (Lipinski definition) is 5. The van der Waals surface area contributed by atoms with Crippen LogP contribution in [0.5, 0.6) is 5.75 Å². The number of amides is 1. The minimum atomic E-state index is -1.14. The van der Waals surface area contributed by atoms with Gasteiger partial charge in [-0.25, -0.2) is 8.78 Å². The number of aryl methyl sites for hydroxylation is 2. The van der Waals surface area contributed by atoms with Crippen molar-refractivity contribution in [3.63, 3.8) is 0 Å². The third-order valence-corrected chi connectivity index (χ3v) is 6.84. The summed E-state index contributed by atoms with van der Waals surface area (Å²) in [4.78, 5) is 25.0. The summed E-state index contributed by atoms with van der Waals surface area (Å²) in [6.07, 6.45) is 2.65. The molecule has 3 aromatic rings. The van der Waals surface area contributed by atoms with Gasteiger partial charge >= 0.3 is 5.97 Å². The van der Waals surface area contributed by atoms with Crippen molar-refractivity contribution in [3.8, 4) is 5.75 Å². The molecule has 0 spiro atoms. The number of thiocarbonyl (C=S) groups is 1. The van der Waals surface area contributed by atoms with Gasteiger partial charge in [0.2, 0.25) is 0 Å². The molecule has 1 saturated heterocycles. The molecule has 0 unspecified atom stereocenters. The Bertz CT molecular complexity index is 1340. The van der Waals surface area contributed by atoms with Crippen molar-refractivity contribution in [2.75, 3.05) is 6.54 Å². The van der Waals surface area contributed by atoms with Gasteiger partial charge in [0.15, 0.2) is 11.6 Å². The third kappa shape index (κ3) is 6.35. The van der Waals surface area contributed by atoms with Gasteiger partial charge in [-0.1, -0.05) is 72.5 Å². The molecule has 5 nitrogen and oxygen atoms in total. The molecule has 36 heavy (non-hydrogen) atoms. The van der Waals surface area contributed by atoms with Crippen molar-refractivity contribution in [1.29, 1.82) is 0 Å². The Balaban J connectivity index is 1.58. The summed E-state index contributed by atoms with van der Waals surface area (Å²) in [5.74, 6) is -2.78. The first-order valence-electron chi connectivity index (χ1n) is 11.0. The van der Waals surface area contributed by atoms with E-state index >= 15 is 0 Å². The third-order valence-electron chi connectivity index (χ3n) is 5.46. The maximum Gasteiger partial charge on any atom is 0.323 e. The van der Waals surface area contributed by atoms with Crippen molar-refractivity contribution in [1.82, 2.24) is 4.90 Å². The molecular formula is C27H21F2NO4S2. The number of aliphatic carboxylic acids is 1. The molecule has 1 N–H and O–H groups in total. The van der Waals surface area contributed by atoms with Gasteiger partial charge in [-0.15, -0.1) is 0 Å². The van der Waals surface area contributed by atoms with Gasteiger partial charge in [0.25, 0.3) is 5.91 Å². The highest BCUT2D eigenvalue weighted by atomic mass is 32.2. The Labute approximate surface area is 216 Å². The fraction of sp³-hybridized carbons (Fsp3) is 0.148. The number of carboxylic acids is 1. The van der Waals surface area contributed by atoms with Gasteiger partial charge in [0.05, 0.1) is 4.91 Å². The predicted molar refractivity (Wildman–Crippen MR) is 138 cm³/mol. The van der Waals surface area contributed by atoms with Crippen LogP contribution in [0.4, 0.5) is 8.78 Å². The van der Waals surface area contributed by atoms with E-state index in [0.29, 0.717) is 41.2 Å². The van der Waals surface area contributed by atoms with Crippen molar-refractivity contribution >= 4 is 46.3 Å². The van der Waals surface area contributed by atoms with E-state index in [4.69, 9.17) is 22.1 Å². The second-order valence-electron chi connectivity index (χ2n) is 8.05. The Morgan fingerprint density at radius 3 is 2.50 bits per heavy atom. The van der Waals surface area contributed by atoms with Gasteiger partial charge in [-0.2, -0.15) is 0 Å². The summed E-state index contributed by atoms with van der Waals surface area (Å²) < 4.78 is 33.2. The van der Waals surface area contributed by atoms with Crippen LogP contribution in [0.15, 0.2) is 71.6 Å². The van der Waals surface area contributed by atoms with Gasteiger partial charge in [-0.3, -0.25) is 14.5 Å². The van der Waals surface area contributed by atoms with Crippen molar-refractivity contribution in [2.24, 2.45) is 0 Å². The van der Waals surface area contributed by atoms with E-state index < -0.39 is 30.1 Å². The number of halogens is 2. The molecule has 0 radical (unpaired) electrons. The van der Waals surface area contributed by atoms with Crippen LogP contribution in [0.3, 0.4) is 0 Å². The normalized spacial score (nSPS) is 14.5.